The summed E-state index contributed by atoms with van der Waals surface area (Å²) in [5.41, 5.74) is 29.9. The molecule has 1 fully saturated rings. The van der Waals surface area contributed by atoms with Crippen molar-refractivity contribution in [1.29, 1.82) is 0 Å². The van der Waals surface area contributed by atoms with E-state index in [1.165, 1.54) is 74.2 Å². The van der Waals surface area contributed by atoms with Gasteiger partial charge in [-0.2, -0.15) is 4.31 Å². The number of nitrogens with zero attached hydrogens (tertiary/aromatic N) is 5. The minimum absolute atomic E-state index is 0. The molecule has 1 saturated heterocycles. The van der Waals surface area contributed by atoms with Crippen molar-refractivity contribution in [2.24, 2.45) is 5.92 Å². The van der Waals surface area contributed by atoms with Gasteiger partial charge in [-0.25, -0.2) is 28.4 Å². The van der Waals surface area contributed by atoms with E-state index in [2.05, 4.69) is 208 Å². The molecular formula is C71H86Br4IN9O3S5. The summed E-state index contributed by atoms with van der Waals surface area (Å²) < 4.78 is 33.0. The van der Waals surface area contributed by atoms with Gasteiger partial charge in [0.2, 0.25) is 10.0 Å². The number of nitrogens with two attached hydrogens (primary N) is 3. The number of halogens is 5. The predicted octanol–water partition coefficient (Wildman–Crippen LogP) is 23.0. The lowest BCUT2D eigenvalue weighted by Crippen LogP contribution is -2.38. The zero-order valence-corrected chi connectivity index (χ0v) is 65.7. The van der Waals surface area contributed by atoms with E-state index in [1.807, 2.05) is 76.4 Å². The summed E-state index contributed by atoms with van der Waals surface area (Å²) in [7, 11) is -3.58. The van der Waals surface area contributed by atoms with Crippen LogP contribution in [0.2, 0.25) is 0 Å². The van der Waals surface area contributed by atoms with Crippen LogP contribution in [0.3, 0.4) is 0 Å². The number of nitrogens with one attached hydrogen (secondary N) is 1. The second-order valence-corrected chi connectivity index (χ2v) is 31.4. The number of carbonyl (C=O) groups is 1. The standard InChI is InChI=1S/C30H34BrN3O3S2.C15H15BrN2S.C10H8BrIN2S.C10H9BrN2S.2C2H6.2CH4/c1-4-6-7-9-27-28(25-20-21(3)10-15-26(25)31)32-30(38-27)33-29(35)23-11-13-24(14-12-23)39(36,37)34-18-16-22(8-5-2)17-19-34;1-3-4-5-6-13-14(18-15(17)19-13)11-9-10(2)7-8-12(11)16;1-5-2-3-7(11)6(4-5)8-9(12)15-10(13)14-8;1-6-2-3-8(11)7(4-6)9-5-14-10(12)13-9;2*1-2;;/h10-15,20,22H,4-6,8,16-19H2,1-3H3,(H,32,33,35);7-9H,3-4H2,1-2H3,(H2,17,18);2-4H,1H3,(H2,13,14);2-5H,1H3,(H2,12,13);2*1-2H3;2*1H4. The summed E-state index contributed by atoms with van der Waals surface area (Å²) in [5.74, 6) is 13.0. The molecule has 12 nitrogen and oxygen atoms in total. The smallest absolute Gasteiger partial charge is 0.257 e. The number of anilines is 4. The first-order valence-electron chi connectivity index (χ1n) is 29.9. The van der Waals surface area contributed by atoms with Crippen LogP contribution in [0.1, 0.15) is 157 Å². The molecule has 498 valence electrons. The van der Waals surface area contributed by atoms with Crippen molar-refractivity contribution < 1.29 is 13.2 Å². The third-order valence-corrected chi connectivity index (χ3v) is 22.2. The number of benzene rings is 5. The number of rotatable bonds is 12. The van der Waals surface area contributed by atoms with Gasteiger partial charge < -0.3 is 17.2 Å². The Morgan fingerprint density at radius 3 is 1.46 bits per heavy atom. The third-order valence-electron chi connectivity index (χ3n) is 13.3. The number of hydrogen-bond donors (Lipinski definition) is 4. The van der Waals surface area contributed by atoms with E-state index in [0.717, 1.165) is 132 Å². The van der Waals surface area contributed by atoms with Crippen LogP contribution in [0.4, 0.5) is 20.5 Å². The molecule has 7 N–H and O–H groups in total. The lowest BCUT2D eigenvalue weighted by Gasteiger charge is -2.31. The Kier molecular flexibility index (Phi) is 36.6. The number of thiazole rings is 4. The van der Waals surface area contributed by atoms with Crippen molar-refractivity contribution in [1.82, 2.24) is 24.2 Å². The van der Waals surface area contributed by atoms with Crippen molar-refractivity contribution in [2.75, 3.05) is 35.6 Å². The van der Waals surface area contributed by atoms with E-state index < -0.39 is 10.0 Å². The second-order valence-electron chi connectivity index (χ2n) is 20.3. The minimum Gasteiger partial charge on any atom is -0.375 e. The van der Waals surface area contributed by atoms with Crippen molar-refractivity contribution in [3.63, 3.8) is 0 Å². The molecule has 1 aliphatic rings. The molecule has 0 radical (unpaired) electrons. The molecule has 10 rings (SSSR count). The summed E-state index contributed by atoms with van der Waals surface area (Å²) in [6.45, 7) is 23.7. The maximum absolute atomic E-state index is 13.2. The fraction of sp³-hybridized carbons (Fsp3) is 0.338. The lowest BCUT2D eigenvalue weighted by molar-refractivity contribution is 0.102. The van der Waals surface area contributed by atoms with Gasteiger partial charge in [0.05, 0.1) is 19.2 Å². The number of nitrogen functional groups attached to an aromatic ring is 3. The Hall–Kier alpha value is -4.83. The van der Waals surface area contributed by atoms with Crippen LogP contribution in [-0.4, -0.2) is 51.7 Å². The van der Waals surface area contributed by atoms with Crippen molar-refractivity contribution >= 4 is 168 Å². The molecule has 93 heavy (non-hydrogen) atoms. The number of amides is 1. The maximum Gasteiger partial charge on any atom is 0.257 e. The Morgan fingerprint density at radius 1 is 0.591 bits per heavy atom. The zero-order valence-electron chi connectivity index (χ0n) is 53.1. The number of sulfonamides is 1. The van der Waals surface area contributed by atoms with E-state index in [4.69, 9.17) is 22.2 Å². The molecule has 0 atom stereocenters. The first-order chi connectivity index (χ1) is 43.6. The van der Waals surface area contributed by atoms with E-state index in [9.17, 15) is 13.2 Å². The average molecular weight is 1720 g/mol. The highest BCUT2D eigenvalue weighted by Gasteiger charge is 2.29. The van der Waals surface area contributed by atoms with Gasteiger partial charge >= 0.3 is 0 Å². The Labute approximate surface area is 617 Å². The Balaban J connectivity index is 0.000000348. The number of piperidine rings is 1. The van der Waals surface area contributed by atoms with Crippen LogP contribution in [0.15, 0.2) is 125 Å². The molecule has 5 heterocycles. The molecular weight excluding hydrogens is 1630 g/mol. The molecule has 0 unspecified atom stereocenters. The van der Waals surface area contributed by atoms with Crippen molar-refractivity contribution in [3.05, 3.63) is 161 Å². The first-order valence-corrected chi connectivity index (χ1v) is 39.0. The molecule has 22 heteroatoms. The fourth-order valence-electron chi connectivity index (χ4n) is 8.92. The van der Waals surface area contributed by atoms with E-state index in [1.54, 1.807) is 16.4 Å². The molecule has 0 saturated carbocycles. The number of hydrogen-bond acceptors (Lipinski definition) is 14. The van der Waals surface area contributed by atoms with Gasteiger partial charge in [-0.05, 0) is 155 Å². The lowest BCUT2D eigenvalue weighted by atomic mass is 9.94. The van der Waals surface area contributed by atoms with Crippen LogP contribution >= 0.6 is 132 Å². The Bertz CT molecular complexity index is 4100. The largest absolute Gasteiger partial charge is 0.375 e. The van der Waals surface area contributed by atoms with E-state index in [0.29, 0.717) is 45.1 Å². The normalized spacial score (nSPS) is 11.6. The van der Waals surface area contributed by atoms with Crippen molar-refractivity contribution in [2.45, 2.75) is 147 Å². The van der Waals surface area contributed by atoms with Crippen LogP contribution < -0.4 is 22.5 Å². The van der Waals surface area contributed by atoms with Crippen LogP contribution in [-0.2, 0) is 10.0 Å². The highest BCUT2D eigenvalue weighted by molar-refractivity contribution is 14.1. The molecule has 4 aromatic heterocycles. The van der Waals surface area contributed by atoms with Crippen LogP contribution in [0.5, 0.6) is 0 Å². The van der Waals surface area contributed by atoms with Gasteiger partial charge in [-0.15, -0.1) is 11.3 Å². The zero-order chi connectivity index (χ0) is 67.0. The third kappa shape index (κ3) is 24.3. The highest BCUT2D eigenvalue weighted by Crippen LogP contribution is 2.39. The molecule has 9 aromatic rings. The van der Waals surface area contributed by atoms with Gasteiger partial charge in [0.25, 0.3) is 5.91 Å². The summed E-state index contributed by atoms with van der Waals surface area (Å²) in [5, 5.41) is 7.06. The summed E-state index contributed by atoms with van der Waals surface area (Å²) in [6.07, 6.45) is 7.76. The van der Waals surface area contributed by atoms with Gasteiger partial charge in [0.15, 0.2) is 20.5 Å². The number of unbranched alkanes of at least 4 members (excludes halogenated alkanes) is 2. The summed E-state index contributed by atoms with van der Waals surface area (Å²) >= 11 is 22.2. The fourth-order valence-corrected chi connectivity index (χ4v) is 15.9. The predicted molar refractivity (Wildman–Crippen MR) is 426 cm³/mol. The second kappa shape index (κ2) is 41.3. The Morgan fingerprint density at radius 2 is 1.02 bits per heavy atom. The summed E-state index contributed by atoms with van der Waals surface area (Å²) in [4.78, 5) is 32.7. The molecule has 0 bridgehead atoms. The molecule has 0 aliphatic carbocycles. The van der Waals surface area contributed by atoms with E-state index >= 15 is 0 Å². The van der Waals surface area contributed by atoms with Crippen LogP contribution in [0.25, 0.3) is 45.0 Å². The van der Waals surface area contributed by atoms with Gasteiger partial charge in [-0.3, -0.25) is 10.1 Å². The van der Waals surface area contributed by atoms with Gasteiger partial charge in [-0.1, -0.05) is 244 Å². The summed E-state index contributed by atoms with van der Waals surface area (Å²) in [6, 6.07) is 30.8. The monoisotopic (exact) mass is 1720 g/mol. The van der Waals surface area contributed by atoms with Crippen molar-refractivity contribution in [3.8, 4) is 68.7 Å². The molecule has 1 aliphatic heterocycles. The first kappa shape index (κ1) is 82.4. The molecule has 1 amide bonds. The molecule has 0 spiro atoms. The van der Waals surface area contributed by atoms with Gasteiger partial charge in [0, 0.05) is 77.0 Å². The van der Waals surface area contributed by atoms with Gasteiger partial charge in [0.1, 0.15) is 21.1 Å². The topological polar surface area (TPSA) is 196 Å². The van der Waals surface area contributed by atoms with Crippen LogP contribution in [0, 0.1) is 60.2 Å². The SMILES string of the molecule is C.C.CC.CC.CCCC#Cc1sc(N)nc1-c1cc(C)ccc1Br.CCCC#Cc1sc(NC(=O)c2ccc(S(=O)(=O)N3CCC(CCC)CC3)cc2)nc1-c1cc(C)ccc1Br.Cc1ccc(Br)c(-c2csc(N)n2)c1.Cc1ccc(Br)c(-c2nc(N)sc2I)c1. The quantitative estimate of drug-likeness (QED) is 0.0675. The average Bonchev–Trinajstić information content (AvgIpc) is 1.93. The maximum atomic E-state index is 13.2. The molecule has 5 aromatic carbocycles. The van der Waals surface area contributed by atoms with E-state index in [-0.39, 0.29) is 25.7 Å². The highest BCUT2D eigenvalue weighted by atomic mass is 127. The minimum atomic E-state index is -3.58. The number of aryl methyl sites for hydroxylation is 4. The number of carbonyl (C=O) groups excluding carboxylic acids is 1. The number of aromatic nitrogens is 4.